The van der Waals surface area contributed by atoms with Gasteiger partial charge in [-0.05, 0) is 49.3 Å². The van der Waals surface area contributed by atoms with Crippen LogP contribution in [0.2, 0.25) is 0 Å². The van der Waals surface area contributed by atoms with Crippen molar-refractivity contribution in [2.24, 2.45) is 0 Å². The van der Waals surface area contributed by atoms with Crippen molar-refractivity contribution in [1.82, 2.24) is 14.5 Å². The largest absolute Gasteiger partial charge is 0.350 e. The Morgan fingerprint density at radius 3 is 2.44 bits per heavy atom. The smallest absolute Gasteiger partial charge is 0.332 e. The van der Waals surface area contributed by atoms with Gasteiger partial charge in [-0.2, -0.15) is 0 Å². The van der Waals surface area contributed by atoms with Crippen LogP contribution in [0.25, 0.3) is 10.2 Å². The number of benzene rings is 2. The van der Waals surface area contributed by atoms with E-state index in [1.165, 1.54) is 25.3 Å². The summed E-state index contributed by atoms with van der Waals surface area (Å²) in [5.74, 6) is -0.250. The number of aryl methyl sites for hydroxylation is 3. The third-order valence-electron chi connectivity index (χ3n) is 6.41. The first-order valence-electron chi connectivity index (χ1n) is 11.7. The molecule has 2 aromatic heterocycles. The van der Waals surface area contributed by atoms with Crippen molar-refractivity contribution >= 4 is 27.5 Å². The molecule has 7 heteroatoms. The van der Waals surface area contributed by atoms with Crippen molar-refractivity contribution < 1.29 is 4.79 Å². The molecule has 5 rings (SSSR count). The summed E-state index contributed by atoms with van der Waals surface area (Å²) in [7, 11) is 0. The fourth-order valence-corrected chi connectivity index (χ4v) is 5.94. The van der Waals surface area contributed by atoms with Gasteiger partial charge >= 0.3 is 5.69 Å². The topological polar surface area (TPSA) is 73.1 Å². The molecule has 0 unspecified atom stereocenters. The molecule has 1 amide bonds. The van der Waals surface area contributed by atoms with E-state index in [0.29, 0.717) is 16.8 Å². The number of aromatic nitrogens is 2. The van der Waals surface area contributed by atoms with E-state index in [1.807, 2.05) is 61.5 Å². The first kappa shape index (κ1) is 22.3. The van der Waals surface area contributed by atoms with Crippen LogP contribution in [0.4, 0.5) is 0 Å². The lowest BCUT2D eigenvalue weighted by Gasteiger charge is -2.14. The third kappa shape index (κ3) is 4.35. The number of nitrogens with zero attached hydrogens (tertiary/aromatic N) is 2. The van der Waals surface area contributed by atoms with E-state index in [4.69, 9.17) is 0 Å². The van der Waals surface area contributed by atoms with Crippen LogP contribution in [0.1, 0.15) is 40.0 Å². The quantitative estimate of drug-likeness (QED) is 0.463. The first-order chi connectivity index (χ1) is 16.5. The minimum atomic E-state index is -0.439. The molecule has 0 atom stereocenters. The first-order valence-corrected chi connectivity index (χ1v) is 12.5. The molecule has 34 heavy (non-hydrogen) atoms. The molecule has 2 aromatic carbocycles. The van der Waals surface area contributed by atoms with Gasteiger partial charge in [-0.1, -0.05) is 60.2 Å². The lowest BCUT2D eigenvalue weighted by atomic mass is 9.97. The SMILES string of the molecule is Cc1ccc(CNC(=O)Cn2c(=O)n(Cc3ccccc3)c(=O)c3c4c(sc32)CCCC4)cc1. The minimum Gasteiger partial charge on any atom is -0.350 e. The Hall–Kier alpha value is -3.45. The van der Waals surface area contributed by atoms with Crippen molar-refractivity contribution in [2.75, 3.05) is 0 Å². The molecule has 0 bridgehead atoms. The average molecular weight is 474 g/mol. The number of hydrogen-bond acceptors (Lipinski definition) is 4. The van der Waals surface area contributed by atoms with E-state index in [-0.39, 0.29) is 24.6 Å². The van der Waals surface area contributed by atoms with E-state index in [1.54, 1.807) is 0 Å². The second-order valence-electron chi connectivity index (χ2n) is 8.90. The number of hydrogen-bond donors (Lipinski definition) is 1. The number of fused-ring (bicyclic) bond motifs is 3. The van der Waals surface area contributed by atoms with Crippen LogP contribution in [-0.2, 0) is 37.3 Å². The van der Waals surface area contributed by atoms with Crippen LogP contribution in [-0.4, -0.2) is 15.0 Å². The van der Waals surface area contributed by atoms with Crippen LogP contribution < -0.4 is 16.6 Å². The zero-order valence-electron chi connectivity index (χ0n) is 19.2. The minimum absolute atomic E-state index is 0.115. The summed E-state index contributed by atoms with van der Waals surface area (Å²) in [5, 5.41) is 3.54. The van der Waals surface area contributed by atoms with E-state index in [9.17, 15) is 14.4 Å². The molecule has 1 aliphatic carbocycles. The number of rotatable bonds is 6. The van der Waals surface area contributed by atoms with Gasteiger partial charge in [0.15, 0.2) is 0 Å². The van der Waals surface area contributed by atoms with Gasteiger partial charge in [0, 0.05) is 11.4 Å². The zero-order chi connectivity index (χ0) is 23.7. The number of thiophene rings is 1. The molecule has 0 saturated carbocycles. The monoisotopic (exact) mass is 473 g/mol. The lowest BCUT2D eigenvalue weighted by molar-refractivity contribution is -0.121. The molecule has 174 valence electrons. The molecule has 0 aliphatic heterocycles. The summed E-state index contributed by atoms with van der Waals surface area (Å²) >= 11 is 1.50. The van der Waals surface area contributed by atoms with Gasteiger partial charge in [0.05, 0.1) is 11.9 Å². The van der Waals surface area contributed by atoms with Crippen LogP contribution >= 0.6 is 11.3 Å². The summed E-state index contributed by atoms with van der Waals surface area (Å²) in [4.78, 5) is 41.7. The highest BCUT2D eigenvalue weighted by Crippen LogP contribution is 2.34. The van der Waals surface area contributed by atoms with Crippen molar-refractivity contribution in [3.63, 3.8) is 0 Å². The van der Waals surface area contributed by atoms with E-state index < -0.39 is 5.69 Å². The predicted molar refractivity (Wildman–Crippen MR) is 136 cm³/mol. The number of carbonyl (C=O) groups excluding carboxylic acids is 1. The van der Waals surface area contributed by atoms with Crippen LogP contribution in [0.5, 0.6) is 0 Å². The highest BCUT2D eigenvalue weighted by atomic mass is 32.1. The summed E-state index contributed by atoms with van der Waals surface area (Å²) in [6.07, 6.45) is 3.88. The molecule has 0 radical (unpaired) electrons. The van der Waals surface area contributed by atoms with Gasteiger partial charge in [0.1, 0.15) is 11.4 Å². The highest BCUT2D eigenvalue weighted by molar-refractivity contribution is 7.18. The van der Waals surface area contributed by atoms with E-state index in [0.717, 1.165) is 47.9 Å². The van der Waals surface area contributed by atoms with E-state index >= 15 is 0 Å². The summed E-state index contributed by atoms with van der Waals surface area (Å²) in [6.45, 7) is 2.48. The van der Waals surface area contributed by atoms with Crippen LogP contribution in [0.15, 0.2) is 64.2 Å². The highest BCUT2D eigenvalue weighted by Gasteiger charge is 2.24. The molecule has 1 aliphatic rings. The van der Waals surface area contributed by atoms with E-state index in [2.05, 4.69) is 5.32 Å². The zero-order valence-corrected chi connectivity index (χ0v) is 20.0. The van der Waals surface area contributed by atoms with Crippen molar-refractivity contribution in [2.45, 2.75) is 52.2 Å². The molecule has 2 heterocycles. The molecule has 1 N–H and O–H groups in total. The Kier molecular flexibility index (Phi) is 6.20. The fraction of sp³-hybridized carbons (Fsp3) is 0.296. The Labute approximate surface area is 201 Å². The van der Waals surface area contributed by atoms with Crippen molar-refractivity contribution in [1.29, 1.82) is 0 Å². The van der Waals surface area contributed by atoms with Gasteiger partial charge in [-0.25, -0.2) is 4.79 Å². The second kappa shape index (κ2) is 9.43. The molecule has 0 fully saturated rings. The maximum Gasteiger partial charge on any atom is 0.332 e. The van der Waals surface area contributed by atoms with Gasteiger partial charge in [0.25, 0.3) is 5.56 Å². The van der Waals surface area contributed by atoms with Gasteiger partial charge in [-0.3, -0.25) is 18.7 Å². The lowest BCUT2D eigenvalue weighted by Crippen LogP contribution is -2.42. The maximum atomic E-state index is 13.5. The average Bonchev–Trinajstić information content (AvgIpc) is 3.24. The molecular formula is C27H27N3O3S. The fourth-order valence-electron chi connectivity index (χ4n) is 4.57. The number of amides is 1. The van der Waals surface area contributed by atoms with Crippen molar-refractivity contribution in [3.05, 3.63) is 103 Å². The number of nitrogens with one attached hydrogen (secondary N) is 1. The molecule has 4 aromatic rings. The normalized spacial score (nSPS) is 13.1. The maximum absolute atomic E-state index is 13.5. The predicted octanol–water partition coefficient (Wildman–Crippen LogP) is 3.78. The Bertz CT molecular complexity index is 1460. The third-order valence-corrected chi connectivity index (χ3v) is 7.73. The molecule has 0 saturated heterocycles. The van der Waals surface area contributed by atoms with Gasteiger partial charge < -0.3 is 5.32 Å². The molecule has 6 nitrogen and oxygen atoms in total. The van der Waals surface area contributed by atoms with Crippen LogP contribution in [0.3, 0.4) is 0 Å². The summed E-state index contributed by atoms with van der Waals surface area (Å²) < 4.78 is 2.78. The molecule has 0 spiro atoms. The standard InChI is InChI=1S/C27H27N3O3S/c1-18-11-13-19(14-12-18)15-28-23(31)17-30-26-24(21-9-5-6-10-22(21)34-26)25(32)29(27(30)33)16-20-7-3-2-4-8-20/h2-4,7-8,11-14H,5-6,9-10,15-17H2,1H3,(H,28,31). The number of carbonyl (C=O) groups is 1. The van der Waals surface area contributed by atoms with Crippen LogP contribution in [0, 0.1) is 6.92 Å². The summed E-state index contributed by atoms with van der Waals surface area (Å²) in [5.41, 5.74) is 3.40. The van der Waals surface area contributed by atoms with Gasteiger partial charge in [-0.15, -0.1) is 11.3 Å². The molecular weight excluding hydrogens is 446 g/mol. The van der Waals surface area contributed by atoms with Crippen molar-refractivity contribution in [3.8, 4) is 0 Å². The Morgan fingerprint density at radius 2 is 1.68 bits per heavy atom. The Morgan fingerprint density at radius 1 is 0.941 bits per heavy atom. The second-order valence-corrected chi connectivity index (χ2v) is 9.98. The van der Waals surface area contributed by atoms with Gasteiger partial charge in [0.2, 0.25) is 5.91 Å². The Balaban J connectivity index is 1.53. The summed E-state index contributed by atoms with van der Waals surface area (Å²) in [6, 6.07) is 17.5.